The van der Waals surface area contributed by atoms with E-state index in [1.807, 2.05) is 25.1 Å². The number of hydrogen-bond donors (Lipinski definition) is 1. The second-order valence-corrected chi connectivity index (χ2v) is 5.56. The number of piperidine rings is 1. The van der Waals surface area contributed by atoms with Crippen LogP contribution in [-0.2, 0) is 11.3 Å². The monoisotopic (exact) mass is 322 g/mol. The summed E-state index contributed by atoms with van der Waals surface area (Å²) in [5.74, 6) is 1.58. The van der Waals surface area contributed by atoms with Crippen LogP contribution in [-0.4, -0.2) is 51.0 Å². The summed E-state index contributed by atoms with van der Waals surface area (Å²) < 4.78 is 15.6. The van der Waals surface area contributed by atoms with Gasteiger partial charge in [-0.05, 0) is 37.5 Å². The number of likely N-dealkylation sites (tertiary alicyclic amines) is 1. The van der Waals surface area contributed by atoms with E-state index < -0.39 is 0 Å². The zero-order chi connectivity index (χ0) is 16.7. The SMILES string of the molecule is CCOC(=O)N1CCC(NCc2cc(OC)cc(OC)c2)CC1. The molecule has 0 radical (unpaired) electrons. The van der Waals surface area contributed by atoms with Gasteiger partial charge in [0.1, 0.15) is 11.5 Å². The Hall–Kier alpha value is -1.95. The van der Waals surface area contributed by atoms with Crippen molar-refractivity contribution in [3.05, 3.63) is 23.8 Å². The first-order chi connectivity index (χ1) is 11.2. The Morgan fingerprint density at radius 3 is 2.30 bits per heavy atom. The standard InChI is InChI=1S/C17H26N2O4/c1-4-23-17(20)19-7-5-14(6-8-19)18-12-13-9-15(21-2)11-16(10-13)22-3/h9-11,14,18H,4-8,12H2,1-3H3. The van der Waals surface area contributed by atoms with Crippen LogP contribution in [0.1, 0.15) is 25.3 Å². The summed E-state index contributed by atoms with van der Waals surface area (Å²) >= 11 is 0. The van der Waals surface area contributed by atoms with Gasteiger partial charge in [0.2, 0.25) is 0 Å². The van der Waals surface area contributed by atoms with Crippen molar-refractivity contribution in [2.75, 3.05) is 33.9 Å². The van der Waals surface area contributed by atoms with Gasteiger partial charge in [-0.25, -0.2) is 4.79 Å². The van der Waals surface area contributed by atoms with E-state index in [0.717, 1.165) is 49.5 Å². The molecular weight excluding hydrogens is 296 g/mol. The molecule has 0 atom stereocenters. The summed E-state index contributed by atoms with van der Waals surface area (Å²) in [6.07, 6.45) is 1.66. The number of carbonyl (C=O) groups excluding carboxylic acids is 1. The lowest BCUT2D eigenvalue weighted by Gasteiger charge is -2.31. The first-order valence-electron chi connectivity index (χ1n) is 8.03. The second-order valence-electron chi connectivity index (χ2n) is 5.56. The Morgan fingerprint density at radius 1 is 1.17 bits per heavy atom. The number of carbonyl (C=O) groups is 1. The molecule has 6 nitrogen and oxygen atoms in total. The molecule has 1 saturated heterocycles. The highest BCUT2D eigenvalue weighted by Crippen LogP contribution is 2.22. The van der Waals surface area contributed by atoms with Crippen LogP contribution in [0.15, 0.2) is 18.2 Å². The third-order valence-electron chi connectivity index (χ3n) is 4.03. The van der Waals surface area contributed by atoms with Crippen LogP contribution < -0.4 is 14.8 Å². The molecule has 0 aromatic heterocycles. The minimum Gasteiger partial charge on any atom is -0.497 e. The van der Waals surface area contributed by atoms with Gasteiger partial charge in [0.15, 0.2) is 0 Å². The lowest BCUT2D eigenvalue weighted by atomic mass is 10.0. The van der Waals surface area contributed by atoms with Gasteiger partial charge in [-0.15, -0.1) is 0 Å². The van der Waals surface area contributed by atoms with Gasteiger partial charge in [-0.1, -0.05) is 0 Å². The van der Waals surface area contributed by atoms with Gasteiger partial charge < -0.3 is 24.4 Å². The first kappa shape index (κ1) is 17.4. The molecular formula is C17H26N2O4. The number of nitrogens with one attached hydrogen (secondary N) is 1. The third-order valence-corrected chi connectivity index (χ3v) is 4.03. The Morgan fingerprint density at radius 2 is 1.78 bits per heavy atom. The molecule has 1 amide bonds. The normalized spacial score (nSPS) is 15.3. The number of amides is 1. The molecule has 23 heavy (non-hydrogen) atoms. The minimum absolute atomic E-state index is 0.205. The Kier molecular flexibility index (Phi) is 6.52. The maximum Gasteiger partial charge on any atom is 0.409 e. The van der Waals surface area contributed by atoms with Gasteiger partial charge in [0.25, 0.3) is 0 Å². The van der Waals surface area contributed by atoms with Crippen LogP contribution in [0.25, 0.3) is 0 Å². The fraction of sp³-hybridized carbons (Fsp3) is 0.588. The van der Waals surface area contributed by atoms with Crippen molar-refractivity contribution in [3.8, 4) is 11.5 Å². The zero-order valence-electron chi connectivity index (χ0n) is 14.1. The van der Waals surface area contributed by atoms with E-state index in [4.69, 9.17) is 14.2 Å². The fourth-order valence-corrected chi connectivity index (χ4v) is 2.71. The number of hydrogen-bond acceptors (Lipinski definition) is 5. The quantitative estimate of drug-likeness (QED) is 0.871. The summed E-state index contributed by atoms with van der Waals surface area (Å²) in [5, 5.41) is 3.54. The lowest BCUT2D eigenvalue weighted by molar-refractivity contribution is 0.0950. The van der Waals surface area contributed by atoms with Crippen molar-refractivity contribution < 1.29 is 19.0 Å². The Bertz CT molecular complexity index is 491. The van der Waals surface area contributed by atoms with Gasteiger partial charge in [-0.2, -0.15) is 0 Å². The summed E-state index contributed by atoms with van der Waals surface area (Å²) in [7, 11) is 3.30. The van der Waals surface area contributed by atoms with E-state index in [2.05, 4.69) is 5.32 Å². The van der Waals surface area contributed by atoms with Crippen molar-refractivity contribution in [2.45, 2.75) is 32.4 Å². The molecule has 2 rings (SSSR count). The van der Waals surface area contributed by atoms with Crippen molar-refractivity contribution in [3.63, 3.8) is 0 Å². The molecule has 0 aliphatic carbocycles. The van der Waals surface area contributed by atoms with Gasteiger partial charge in [0, 0.05) is 31.7 Å². The van der Waals surface area contributed by atoms with Crippen LogP contribution in [0.4, 0.5) is 4.79 Å². The van der Waals surface area contributed by atoms with Crippen LogP contribution in [0.5, 0.6) is 11.5 Å². The summed E-state index contributed by atoms with van der Waals surface area (Å²) in [6, 6.07) is 6.27. The molecule has 0 saturated carbocycles. The Labute approximate surface area is 137 Å². The van der Waals surface area contributed by atoms with Crippen molar-refractivity contribution in [1.29, 1.82) is 0 Å². The average molecular weight is 322 g/mol. The largest absolute Gasteiger partial charge is 0.497 e. The fourth-order valence-electron chi connectivity index (χ4n) is 2.71. The van der Waals surface area contributed by atoms with Crippen LogP contribution in [0.2, 0.25) is 0 Å². The molecule has 128 valence electrons. The van der Waals surface area contributed by atoms with E-state index in [9.17, 15) is 4.79 Å². The summed E-state index contributed by atoms with van der Waals surface area (Å²) in [5.41, 5.74) is 1.12. The van der Waals surface area contributed by atoms with E-state index in [1.54, 1.807) is 19.1 Å². The molecule has 0 spiro atoms. The highest BCUT2D eigenvalue weighted by molar-refractivity contribution is 5.67. The van der Waals surface area contributed by atoms with Crippen LogP contribution in [0, 0.1) is 0 Å². The molecule has 1 heterocycles. The van der Waals surface area contributed by atoms with Crippen molar-refractivity contribution in [2.24, 2.45) is 0 Å². The number of ether oxygens (including phenoxy) is 3. The van der Waals surface area contributed by atoms with Gasteiger partial charge in [0.05, 0.1) is 20.8 Å². The number of rotatable bonds is 6. The van der Waals surface area contributed by atoms with Gasteiger partial charge in [-0.3, -0.25) is 0 Å². The van der Waals surface area contributed by atoms with E-state index in [1.165, 1.54) is 0 Å². The maximum absolute atomic E-state index is 11.7. The minimum atomic E-state index is -0.205. The van der Waals surface area contributed by atoms with Crippen LogP contribution >= 0.6 is 0 Å². The summed E-state index contributed by atoms with van der Waals surface area (Å²) in [4.78, 5) is 13.5. The zero-order valence-corrected chi connectivity index (χ0v) is 14.1. The predicted octanol–water partition coefficient (Wildman–Crippen LogP) is 2.41. The molecule has 1 N–H and O–H groups in total. The Balaban J connectivity index is 1.82. The number of nitrogens with zero attached hydrogens (tertiary/aromatic N) is 1. The topological polar surface area (TPSA) is 60.0 Å². The molecule has 1 aliphatic heterocycles. The molecule has 1 aliphatic rings. The van der Waals surface area contributed by atoms with Crippen LogP contribution in [0.3, 0.4) is 0 Å². The van der Waals surface area contributed by atoms with E-state index in [0.29, 0.717) is 12.6 Å². The molecule has 1 fully saturated rings. The highest BCUT2D eigenvalue weighted by Gasteiger charge is 2.23. The predicted molar refractivity (Wildman–Crippen MR) is 88.0 cm³/mol. The molecule has 1 aromatic rings. The number of benzene rings is 1. The second kappa shape index (κ2) is 8.62. The van der Waals surface area contributed by atoms with Crippen molar-refractivity contribution >= 4 is 6.09 Å². The smallest absolute Gasteiger partial charge is 0.409 e. The van der Waals surface area contributed by atoms with Gasteiger partial charge >= 0.3 is 6.09 Å². The van der Waals surface area contributed by atoms with Crippen molar-refractivity contribution in [1.82, 2.24) is 10.2 Å². The number of methoxy groups -OCH3 is 2. The molecule has 0 bridgehead atoms. The van der Waals surface area contributed by atoms with E-state index in [-0.39, 0.29) is 6.09 Å². The third kappa shape index (κ3) is 5.03. The molecule has 0 unspecified atom stereocenters. The van der Waals surface area contributed by atoms with E-state index >= 15 is 0 Å². The lowest BCUT2D eigenvalue weighted by Crippen LogP contribution is -2.44. The molecule has 1 aromatic carbocycles. The highest BCUT2D eigenvalue weighted by atomic mass is 16.6. The first-order valence-corrected chi connectivity index (χ1v) is 8.03. The maximum atomic E-state index is 11.7. The molecule has 6 heteroatoms. The average Bonchev–Trinajstić information content (AvgIpc) is 2.60. The summed E-state index contributed by atoms with van der Waals surface area (Å²) in [6.45, 7) is 4.47.